The zero-order valence-corrected chi connectivity index (χ0v) is 17.9. The van der Waals surface area contributed by atoms with Gasteiger partial charge < -0.3 is 19.2 Å². The minimum absolute atomic E-state index is 0.0328. The van der Waals surface area contributed by atoms with Crippen molar-refractivity contribution in [2.45, 2.75) is 13.3 Å². The van der Waals surface area contributed by atoms with Crippen molar-refractivity contribution in [3.8, 4) is 39.5 Å². The number of hydrogen-bond acceptors (Lipinski definition) is 4. The van der Waals surface area contributed by atoms with E-state index in [0.717, 1.165) is 34.4 Å². The van der Waals surface area contributed by atoms with E-state index in [4.69, 9.17) is 14.2 Å². The van der Waals surface area contributed by atoms with Crippen LogP contribution in [0.2, 0.25) is 0 Å². The van der Waals surface area contributed by atoms with Crippen molar-refractivity contribution in [1.29, 1.82) is 0 Å². The lowest BCUT2D eigenvalue weighted by Crippen LogP contribution is -2.07. The smallest absolute Gasteiger partial charge is 0.197 e. The van der Waals surface area contributed by atoms with Gasteiger partial charge in [0.2, 0.25) is 0 Å². The predicted molar refractivity (Wildman–Crippen MR) is 124 cm³/mol. The summed E-state index contributed by atoms with van der Waals surface area (Å²) in [5.41, 5.74) is 4.01. The van der Waals surface area contributed by atoms with Crippen molar-refractivity contribution >= 4 is 10.9 Å². The molecule has 0 aliphatic heterocycles. The Balaban J connectivity index is 1.80. The SMILES string of the molecule is CCCOc1cccc2c(=O)c(-c3cccc(-c4ccc(OC)cc4OC)c3)c[nH]c12. The Morgan fingerprint density at radius 2 is 1.61 bits per heavy atom. The Morgan fingerprint density at radius 1 is 0.839 bits per heavy atom. The maximum Gasteiger partial charge on any atom is 0.197 e. The molecule has 4 aromatic rings. The molecule has 0 aliphatic rings. The third-order valence-electron chi connectivity index (χ3n) is 5.23. The number of methoxy groups -OCH3 is 2. The van der Waals surface area contributed by atoms with E-state index in [2.05, 4.69) is 11.9 Å². The molecular formula is C26H25NO4. The quantitative estimate of drug-likeness (QED) is 0.423. The molecule has 5 heteroatoms. The van der Waals surface area contributed by atoms with Crippen LogP contribution in [-0.2, 0) is 0 Å². The predicted octanol–water partition coefficient (Wildman–Crippen LogP) is 5.67. The standard InChI is InChI=1S/C26H25NO4/c1-4-13-31-23-10-6-9-21-25(23)27-16-22(26(21)28)18-8-5-7-17(14-18)20-12-11-19(29-2)15-24(20)30-3/h5-12,14-16H,4,13H2,1-3H3,(H,27,28). The second-order valence-corrected chi connectivity index (χ2v) is 7.21. The van der Waals surface area contributed by atoms with Crippen LogP contribution in [-0.4, -0.2) is 25.8 Å². The number of ether oxygens (including phenoxy) is 3. The van der Waals surface area contributed by atoms with Gasteiger partial charge in [-0.2, -0.15) is 0 Å². The van der Waals surface area contributed by atoms with E-state index >= 15 is 0 Å². The molecule has 4 rings (SSSR count). The maximum atomic E-state index is 13.3. The first-order valence-electron chi connectivity index (χ1n) is 10.3. The molecule has 3 aromatic carbocycles. The first-order chi connectivity index (χ1) is 15.2. The summed E-state index contributed by atoms with van der Waals surface area (Å²) in [6.45, 7) is 2.66. The van der Waals surface area contributed by atoms with Gasteiger partial charge in [-0.25, -0.2) is 0 Å². The molecule has 0 saturated carbocycles. The van der Waals surface area contributed by atoms with Crippen LogP contribution in [0.3, 0.4) is 0 Å². The summed E-state index contributed by atoms with van der Waals surface area (Å²) < 4.78 is 16.6. The molecule has 5 nitrogen and oxygen atoms in total. The fraction of sp³-hybridized carbons (Fsp3) is 0.192. The van der Waals surface area contributed by atoms with Crippen LogP contribution in [0.4, 0.5) is 0 Å². The maximum absolute atomic E-state index is 13.3. The highest BCUT2D eigenvalue weighted by Gasteiger charge is 2.13. The summed E-state index contributed by atoms with van der Waals surface area (Å²) >= 11 is 0. The Hall–Kier alpha value is -3.73. The number of rotatable bonds is 7. The minimum Gasteiger partial charge on any atom is -0.497 e. The van der Waals surface area contributed by atoms with E-state index in [1.807, 2.05) is 60.7 Å². The topological polar surface area (TPSA) is 60.6 Å². The lowest BCUT2D eigenvalue weighted by Gasteiger charge is -2.12. The highest BCUT2D eigenvalue weighted by Crippen LogP contribution is 2.35. The van der Waals surface area contributed by atoms with E-state index in [1.165, 1.54) is 0 Å². The number of para-hydroxylation sites is 1. The lowest BCUT2D eigenvalue weighted by molar-refractivity contribution is 0.320. The van der Waals surface area contributed by atoms with Crippen molar-refractivity contribution in [3.05, 3.63) is 77.1 Å². The molecule has 0 amide bonds. The number of aromatic amines is 1. The molecular weight excluding hydrogens is 390 g/mol. The zero-order chi connectivity index (χ0) is 21.8. The van der Waals surface area contributed by atoms with Crippen LogP contribution < -0.4 is 19.6 Å². The number of aromatic nitrogens is 1. The van der Waals surface area contributed by atoms with Crippen LogP contribution in [0.15, 0.2) is 71.7 Å². The highest BCUT2D eigenvalue weighted by atomic mass is 16.5. The number of pyridine rings is 1. The van der Waals surface area contributed by atoms with Crippen LogP contribution in [0.1, 0.15) is 13.3 Å². The average Bonchev–Trinajstić information content (AvgIpc) is 2.82. The molecule has 0 bridgehead atoms. The molecule has 0 spiro atoms. The number of benzene rings is 3. The van der Waals surface area contributed by atoms with Gasteiger partial charge in [-0.3, -0.25) is 4.79 Å². The lowest BCUT2D eigenvalue weighted by atomic mass is 9.98. The Kier molecular flexibility index (Phi) is 5.94. The number of hydrogen-bond donors (Lipinski definition) is 1. The van der Waals surface area contributed by atoms with E-state index in [-0.39, 0.29) is 5.43 Å². The second-order valence-electron chi connectivity index (χ2n) is 7.21. The number of nitrogens with one attached hydrogen (secondary N) is 1. The molecule has 0 fully saturated rings. The summed E-state index contributed by atoms with van der Waals surface area (Å²) in [6.07, 6.45) is 2.66. The second kappa shape index (κ2) is 8.96. The average molecular weight is 415 g/mol. The van der Waals surface area contributed by atoms with Gasteiger partial charge in [0.15, 0.2) is 5.43 Å². The summed E-state index contributed by atoms with van der Waals surface area (Å²) in [6, 6.07) is 19.1. The van der Waals surface area contributed by atoms with Gasteiger partial charge >= 0.3 is 0 Å². The normalized spacial score (nSPS) is 10.8. The Bertz CT molecular complexity index is 1280. The summed E-state index contributed by atoms with van der Waals surface area (Å²) in [7, 11) is 3.26. The van der Waals surface area contributed by atoms with Crippen molar-refractivity contribution in [2.24, 2.45) is 0 Å². The zero-order valence-electron chi connectivity index (χ0n) is 17.9. The molecule has 31 heavy (non-hydrogen) atoms. The van der Waals surface area contributed by atoms with Crippen molar-refractivity contribution < 1.29 is 14.2 Å². The van der Waals surface area contributed by atoms with E-state index in [9.17, 15) is 4.79 Å². The van der Waals surface area contributed by atoms with E-state index in [1.54, 1.807) is 20.4 Å². The van der Waals surface area contributed by atoms with Gasteiger partial charge in [0.05, 0.1) is 26.3 Å². The molecule has 1 N–H and O–H groups in total. The molecule has 158 valence electrons. The van der Waals surface area contributed by atoms with Crippen molar-refractivity contribution in [3.63, 3.8) is 0 Å². The molecule has 1 aromatic heterocycles. The van der Waals surface area contributed by atoms with Gasteiger partial charge in [0.1, 0.15) is 17.2 Å². The molecule has 1 heterocycles. The Labute approximate surface area is 181 Å². The summed E-state index contributed by atoms with van der Waals surface area (Å²) in [5.74, 6) is 2.13. The summed E-state index contributed by atoms with van der Waals surface area (Å²) in [5, 5.41) is 0.610. The van der Waals surface area contributed by atoms with Crippen molar-refractivity contribution in [2.75, 3.05) is 20.8 Å². The number of fused-ring (bicyclic) bond motifs is 1. The molecule has 0 atom stereocenters. The highest BCUT2D eigenvalue weighted by molar-refractivity contribution is 5.88. The van der Waals surface area contributed by atoms with Crippen LogP contribution in [0.25, 0.3) is 33.2 Å². The van der Waals surface area contributed by atoms with E-state index < -0.39 is 0 Å². The van der Waals surface area contributed by atoms with Crippen LogP contribution in [0, 0.1) is 0 Å². The van der Waals surface area contributed by atoms with E-state index in [0.29, 0.717) is 29.1 Å². The largest absolute Gasteiger partial charge is 0.497 e. The first-order valence-corrected chi connectivity index (χ1v) is 10.3. The first kappa shape index (κ1) is 20.5. The minimum atomic E-state index is -0.0328. The van der Waals surface area contributed by atoms with Gasteiger partial charge in [-0.15, -0.1) is 0 Å². The van der Waals surface area contributed by atoms with Crippen molar-refractivity contribution in [1.82, 2.24) is 4.98 Å². The third kappa shape index (κ3) is 3.99. The molecule has 0 saturated heterocycles. The fourth-order valence-electron chi connectivity index (χ4n) is 3.66. The van der Waals surface area contributed by atoms with Gasteiger partial charge in [-0.05, 0) is 47.9 Å². The molecule has 0 aliphatic carbocycles. The van der Waals surface area contributed by atoms with Crippen LogP contribution >= 0.6 is 0 Å². The Morgan fingerprint density at radius 3 is 2.35 bits per heavy atom. The monoisotopic (exact) mass is 415 g/mol. The van der Waals surface area contributed by atoms with Gasteiger partial charge in [-0.1, -0.05) is 31.2 Å². The van der Waals surface area contributed by atoms with Gasteiger partial charge in [0, 0.05) is 28.8 Å². The number of H-pyrrole nitrogens is 1. The summed E-state index contributed by atoms with van der Waals surface area (Å²) in [4.78, 5) is 16.6. The van der Waals surface area contributed by atoms with Gasteiger partial charge in [0.25, 0.3) is 0 Å². The van der Waals surface area contributed by atoms with Crippen LogP contribution in [0.5, 0.6) is 17.2 Å². The molecule has 0 unspecified atom stereocenters. The fourth-order valence-corrected chi connectivity index (χ4v) is 3.66. The molecule has 0 radical (unpaired) electrons. The third-order valence-corrected chi connectivity index (χ3v) is 5.23.